The first kappa shape index (κ1) is 24.3. The standard InChI is InChI=1S/C18H26N2O4.C3H8S/c1-3-18(9-4-5-10-20(2)13-18)14-7-6-8-15(11-14)24-17(23)19-12-16(21)22;1-3-4-2/h6-8,11H,3-5,9-10,12-13H2,1-2H3,(H,19,23)(H,21,22);3H2,1-2H3. The number of carbonyl (C=O) groups is 2. The molecule has 1 aromatic rings. The lowest BCUT2D eigenvalue weighted by Crippen LogP contribution is -2.37. The van der Waals surface area contributed by atoms with Crippen molar-refractivity contribution >= 4 is 23.8 Å². The normalized spacial score (nSPS) is 19.7. The van der Waals surface area contributed by atoms with E-state index in [9.17, 15) is 9.59 Å². The number of thioether (sulfide) groups is 1. The molecule has 1 unspecified atom stereocenters. The van der Waals surface area contributed by atoms with Gasteiger partial charge in [0.1, 0.15) is 12.3 Å². The molecule has 0 bridgehead atoms. The summed E-state index contributed by atoms with van der Waals surface area (Å²) in [4.78, 5) is 24.5. The van der Waals surface area contributed by atoms with Gasteiger partial charge in [-0.1, -0.05) is 32.4 Å². The molecule has 1 fully saturated rings. The number of nitrogens with one attached hydrogen (secondary N) is 1. The highest BCUT2D eigenvalue weighted by Gasteiger charge is 2.33. The molecule has 0 saturated carbocycles. The number of benzene rings is 1. The number of nitrogens with zero attached hydrogens (tertiary/aromatic N) is 1. The van der Waals surface area contributed by atoms with E-state index in [2.05, 4.69) is 43.4 Å². The minimum absolute atomic E-state index is 0.0577. The van der Waals surface area contributed by atoms with Gasteiger partial charge < -0.3 is 20.1 Å². The third-order valence-electron chi connectivity index (χ3n) is 5.02. The van der Waals surface area contributed by atoms with Crippen LogP contribution >= 0.6 is 11.8 Å². The average molecular weight is 411 g/mol. The number of rotatable bonds is 6. The maximum atomic E-state index is 11.7. The van der Waals surface area contributed by atoms with Crippen LogP contribution in [0.5, 0.6) is 5.75 Å². The molecular weight excluding hydrogens is 376 g/mol. The molecule has 28 heavy (non-hydrogen) atoms. The van der Waals surface area contributed by atoms with Crippen molar-refractivity contribution in [2.75, 3.05) is 38.7 Å². The Bertz CT molecular complexity index is 624. The number of carboxylic acid groups (broad SMARTS) is 1. The molecule has 1 atom stereocenters. The molecule has 7 heteroatoms. The summed E-state index contributed by atoms with van der Waals surface area (Å²) in [5.74, 6) is 0.572. The van der Waals surface area contributed by atoms with Crippen molar-refractivity contribution in [2.45, 2.75) is 44.9 Å². The molecule has 1 aliphatic rings. The zero-order chi connectivity index (χ0) is 21.0. The second-order valence-electron chi connectivity index (χ2n) is 7.07. The second kappa shape index (κ2) is 12.7. The highest BCUT2D eigenvalue weighted by atomic mass is 32.2. The van der Waals surface area contributed by atoms with Crippen molar-refractivity contribution in [3.8, 4) is 5.75 Å². The van der Waals surface area contributed by atoms with Gasteiger partial charge in [-0.2, -0.15) is 11.8 Å². The Hall–Kier alpha value is -1.73. The van der Waals surface area contributed by atoms with Gasteiger partial charge in [0.2, 0.25) is 0 Å². The van der Waals surface area contributed by atoms with Crippen LogP contribution in [0, 0.1) is 0 Å². The molecule has 1 aromatic carbocycles. The van der Waals surface area contributed by atoms with Crippen LogP contribution in [0.1, 0.15) is 45.1 Å². The lowest BCUT2D eigenvalue weighted by molar-refractivity contribution is -0.135. The number of carboxylic acids is 1. The molecule has 0 aromatic heterocycles. The summed E-state index contributed by atoms with van der Waals surface area (Å²) in [6.45, 7) is 5.98. The van der Waals surface area contributed by atoms with Gasteiger partial charge in [0, 0.05) is 12.0 Å². The maximum absolute atomic E-state index is 11.7. The van der Waals surface area contributed by atoms with E-state index in [0.29, 0.717) is 5.75 Å². The molecule has 0 radical (unpaired) electrons. The number of likely N-dealkylation sites (N-methyl/N-ethyl adjacent to an activating group) is 1. The van der Waals surface area contributed by atoms with Gasteiger partial charge >= 0.3 is 12.1 Å². The van der Waals surface area contributed by atoms with Crippen LogP contribution in [0.15, 0.2) is 24.3 Å². The van der Waals surface area contributed by atoms with Gasteiger partial charge in [0.15, 0.2) is 0 Å². The topological polar surface area (TPSA) is 78.9 Å². The van der Waals surface area contributed by atoms with Gasteiger partial charge in [-0.05, 0) is 62.6 Å². The predicted octanol–water partition coefficient (Wildman–Crippen LogP) is 3.99. The summed E-state index contributed by atoms with van der Waals surface area (Å²) in [6, 6.07) is 7.60. The number of amides is 1. The quantitative estimate of drug-likeness (QED) is 0.738. The highest BCUT2D eigenvalue weighted by Crippen LogP contribution is 2.37. The minimum atomic E-state index is -1.10. The van der Waals surface area contributed by atoms with E-state index < -0.39 is 18.6 Å². The summed E-state index contributed by atoms with van der Waals surface area (Å²) in [7, 11) is 2.15. The molecule has 1 amide bonds. The van der Waals surface area contributed by atoms with E-state index >= 15 is 0 Å². The van der Waals surface area contributed by atoms with E-state index in [1.165, 1.54) is 24.2 Å². The van der Waals surface area contributed by atoms with Crippen molar-refractivity contribution in [2.24, 2.45) is 0 Å². The fourth-order valence-corrected chi connectivity index (χ4v) is 3.43. The van der Waals surface area contributed by atoms with Crippen LogP contribution in [0.25, 0.3) is 0 Å². The monoisotopic (exact) mass is 410 g/mol. The molecule has 0 spiro atoms. The molecule has 1 aliphatic heterocycles. The average Bonchev–Trinajstić information content (AvgIpc) is 2.89. The van der Waals surface area contributed by atoms with E-state index in [0.717, 1.165) is 25.9 Å². The number of aliphatic carboxylic acids is 1. The van der Waals surface area contributed by atoms with E-state index in [1.807, 2.05) is 23.9 Å². The number of hydrogen-bond donors (Lipinski definition) is 2. The fraction of sp³-hybridized carbons (Fsp3) is 0.619. The maximum Gasteiger partial charge on any atom is 0.413 e. The van der Waals surface area contributed by atoms with E-state index in [1.54, 1.807) is 6.07 Å². The molecule has 158 valence electrons. The van der Waals surface area contributed by atoms with Crippen LogP contribution in [0.2, 0.25) is 0 Å². The van der Waals surface area contributed by atoms with Crippen LogP contribution in [0.3, 0.4) is 0 Å². The second-order valence-corrected chi connectivity index (χ2v) is 8.23. The number of carbonyl (C=O) groups excluding carboxylic acids is 1. The Kier molecular flexibility index (Phi) is 11.0. The molecule has 6 nitrogen and oxygen atoms in total. The molecule has 0 aliphatic carbocycles. The number of ether oxygens (including phenoxy) is 1. The van der Waals surface area contributed by atoms with Crippen molar-refractivity contribution in [3.63, 3.8) is 0 Å². The Labute approximate surface area is 173 Å². The SMILES string of the molecule is CCC1(c2cccc(OC(=O)NCC(=O)O)c2)CCCCN(C)C1.CCSC. The minimum Gasteiger partial charge on any atom is -0.480 e. The van der Waals surface area contributed by atoms with E-state index in [-0.39, 0.29) is 5.41 Å². The molecular formula is C21H34N2O4S. The predicted molar refractivity (Wildman–Crippen MR) is 115 cm³/mol. The molecule has 1 heterocycles. The number of hydrogen-bond acceptors (Lipinski definition) is 5. The summed E-state index contributed by atoms with van der Waals surface area (Å²) in [5.41, 5.74) is 1.23. The summed E-state index contributed by atoms with van der Waals surface area (Å²) >= 11 is 1.86. The smallest absolute Gasteiger partial charge is 0.413 e. The van der Waals surface area contributed by atoms with Crippen LogP contribution in [-0.4, -0.2) is 60.8 Å². The first-order valence-electron chi connectivity index (χ1n) is 9.82. The zero-order valence-corrected chi connectivity index (χ0v) is 18.3. The van der Waals surface area contributed by atoms with Gasteiger partial charge in [-0.15, -0.1) is 0 Å². The first-order chi connectivity index (χ1) is 13.4. The third-order valence-corrected chi connectivity index (χ3v) is 5.60. The van der Waals surface area contributed by atoms with Crippen LogP contribution < -0.4 is 10.1 Å². The van der Waals surface area contributed by atoms with Crippen LogP contribution in [0.4, 0.5) is 4.79 Å². The Balaban J connectivity index is 0.000000892. The summed E-state index contributed by atoms with van der Waals surface area (Å²) in [5, 5.41) is 10.8. The van der Waals surface area contributed by atoms with Gasteiger partial charge in [-0.25, -0.2) is 4.79 Å². The Morgan fingerprint density at radius 1 is 1.32 bits per heavy atom. The van der Waals surface area contributed by atoms with E-state index in [4.69, 9.17) is 9.84 Å². The Morgan fingerprint density at radius 2 is 2.04 bits per heavy atom. The van der Waals surface area contributed by atoms with Gasteiger partial charge in [0.25, 0.3) is 0 Å². The fourth-order valence-electron chi connectivity index (χ4n) is 3.43. The van der Waals surface area contributed by atoms with Crippen LogP contribution in [-0.2, 0) is 10.2 Å². The van der Waals surface area contributed by atoms with Crippen molar-refractivity contribution in [1.29, 1.82) is 0 Å². The largest absolute Gasteiger partial charge is 0.480 e. The van der Waals surface area contributed by atoms with Crippen molar-refractivity contribution in [1.82, 2.24) is 10.2 Å². The summed E-state index contributed by atoms with van der Waals surface area (Å²) in [6.07, 6.45) is 5.86. The molecule has 1 saturated heterocycles. The molecule has 2 rings (SSSR count). The lowest BCUT2D eigenvalue weighted by atomic mass is 9.74. The van der Waals surface area contributed by atoms with Gasteiger partial charge in [0.05, 0.1) is 0 Å². The van der Waals surface area contributed by atoms with Crippen molar-refractivity contribution in [3.05, 3.63) is 29.8 Å². The highest BCUT2D eigenvalue weighted by molar-refractivity contribution is 7.98. The zero-order valence-electron chi connectivity index (χ0n) is 17.5. The first-order valence-corrected chi connectivity index (χ1v) is 11.2. The lowest BCUT2D eigenvalue weighted by Gasteiger charge is -2.35. The molecule has 2 N–H and O–H groups in total. The van der Waals surface area contributed by atoms with Crippen molar-refractivity contribution < 1.29 is 19.4 Å². The summed E-state index contributed by atoms with van der Waals surface area (Å²) < 4.78 is 5.22. The Morgan fingerprint density at radius 3 is 2.64 bits per heavy atom. The third kappa shape index (κ3) is 8.10. The number of likely N-dealkylation sites (tertiary alicyclic amines) is 1. The van der Waals surface area contributed by atoms with Gasteiger partial charge in [-0.3, -0.25) is 4.79 Å².